The molecule has 0 aromatic carbocycles. The predicted octanol–water partition coefficient (Wildman–Crippen LogP) is 3.17. The van der Waals surface area contributed by atoms with Crippen LogP contribution < -0.4 is 16.0 Å². The summed E-state index contributed by atoms with van der Waals surface area (Å²) in [6.07, 6.45) is 7.14. The number of carbonyl (C=O) groups is 1. The molecule has 1 amide bonds. The molecule has 4 heterocycles. The van der Waals surface area contributed by atoms with Gasteiger partial charge in [0.1, 0.15) is 5.82 Å². The van der Waals surface area contributed by atoms with E-state index in [0.29, 0.717) is 30.0 Å². The quantitative estimate of drug-likeness (QED) is 0.232. The normalized spacial score (nSPS) is 13.7. The molecule has 5 rings (SSSR count). The van der Waals surface area contributed by atoms with Gasteiger partial charge >= 0.3 is 0 Å². The van der Waals surface area contributed by atoms with Crippen molar-refractivity contribution in [2.75, 3.05) is 23.7 Å². The van der Waals surface area contributed by atoms with Crippen molar-refractivity contribution >= 4 is 17.4 Å². The van der Waals surface area contributed by atoms with Crippen molar-refractivity contribution in [2.24, 2.45) is 13.0 Å². The van der Waals surface area contributed by atoms with Gasteiger partial charge in [0.15, 0.2) is 11.9 Å². The summed E-state index contributed by atoms with van der Waals surface area (Å²) < 4.78 is 1.53. The zero-order valence-electron chi connectivity index (χ0n) is 20.6. The first-order chi connectivity index (χ1) is 18.0. The minimum atomic E-state index is -1.14. The third kappa shape index (κ3) is 6.47. The van der Waals surface area contributed by atoms with Crippen LogP contribution in [-0.2, 0) is 13.5 Å². The third-order valence-electron chi connectivity index (χ3n) is 6.10. The Kier molecular flexibility index (Phi) is 7.36. The molecule has 0 bridgehead atoms. The largest absolute Gasteiger partial charge is 0.370 e. The lowest BCUT2D eigenvalue weighted by atomic mass is 10.1. The molecule has 10 heteroatoms. The molecule has 0 saturated heterocycles. The van der Waals surface area contributed by atoms with Crippen molar-refractivity contribution in [3.05, 3.63) is 84.2 Å². The van der Waals surface area contributed by atoms with E-state index in [0.717, 1.165) is 29.5 Å². The first kappa shape index (κ1) is 24.4. The molecule has 4 aromatic rings. The number of aliphatic hydroxyl groups excluding tert-OH is 1. The van der Waals surface area contributed by atoms with E-state index in [1.165, 1.54) is 17.5 Å². The van der Waals surface area contributed by atoms with E-state index >= 15 is 0 Å². The van der Waals surface area contributed by atoms with Gasteiger partial charge in [0.25, 0.3) is 5.91 Å². The van der Waals surface area contributed by atoms with Crippen molar-refractivity contribution in [2.45, 2.75) is 25.5 Å². The van der Waals surface area contributed by atoms with Crippen LogP contribution in [0.5, 0.6) is 0 Å². The van der Waals surface area contributed by atoms with Crippen LogP contribution >= 0.6 is 0 Å². The highest BCUT2D eigenvalue weighted by molar-refractivity contribution is 5.97. The molecule has 0 radical (unpaired) electrons. The summed E-state index contributed by atoms with van der Waals surface area (Å²) in [5.74, 6) is 1.22. The fourth-order valence-electron chi connectivity index (χ4n) is 3.94. The molecular weight excluding hydrogens is 468 g/mol. The van der Waals surface area contributed by atoms with Gasteiger partial charge < -0.3 is 21.1 Å². The van der Waals surface area contributed by atoms with E-state index in [2.05, 4.69) is 36.0 Å². The molecule has 4 aromatic heterocycles. The third-order valence-corrected chi connectivity index (χ3v) is 6.10. The lowest BCUT2D eigenvalue weighted by molar-refractivity contribution is 0.0949. The fraction of sp³-hybridized carbons (Fsp3) is 0.296. The summed E-state index contributed by atoms with van der Waals surface area (Å²) in [5, 5.41) is 24.4. The van der Waals surface area contributed by atoms with Gasteiger partial charge in [0.05, 0.1) is 17.1 Å². The second kappa shape index (κ2) is 11.2. The maximum absolute atomic E-state index is 12.8. The van der Waals surface area contributed by atoms with Crippen LogP contribution in [0.2, 0.25) is 0 Å². The maximum Gasteiger partial charge on any atom is 0.273 e. The predicted molar refractivity (Wildman–Crippen MR) is 141 cm³/mol. The molecule has 1 fully saturated rings. The molecule has 10 nitrogen and oxygen atoms in total. The summed E-state index contributed by atoms with van der Waals surface area (Å²) in [6.45, 7) is 1.35. The number of rotatable bonds is 11. The Morgan fingerprint density at radius 1 is 1.14 bits per heavy atom. The van der Waals surface area contributed by atoms with Crippen LogP contribution in [0.4, 0.5) is 11.5 Å². The molecule has 37 heavy (non-hydrogen) atoms. The Bertz CT molecular complexity index is 1350. The Balaban J connectivity index is 1.24. The van der Waals surface area contributed by atoms with Gasteiger partial charge in [-0.1, -0.05) is 12.1 Å². The fourth-order valence-corrected chi connectivity index (χ4v) is 3.94. The molecule has 1 atom stereocenters. The van der Waals surface area contributed by atoms with Gasteiger partial charge in [-0.05, 0) is 55.2 Å². The number of hydrogen-bond acceptors (Lipinski definition) is 8. The number of amides is 1. The van der Waals surface area contributed by atoms with Crippen LogP contribution in [0.25, 0.3) is 11.3 Å². The van der Waals surface area contributed by atoms with Gasteiger partial charge in [-0.2, -0.15) is 5.10 Å². The molecule has 0 aliphatic heterocycles. The van der Waals surface area contributed by atoms with E-state index < -0.39 is 6.23 Å². The van der Waals surface area contributed by atoms with Crippen LogP contribution in [0, 0.1) is 5.92 Å². The number of aryl methyl sites for hydroxylation is 1. The summed E-state index contributed by atoms with van der Waals surface area (Å²) in [4.78, 5) is 26.1. The summed E-state index contributed by atoms with van der Waals surface area (Å²) in [7, 11) is 1.72. The Hall–Kier alpha value is -4.31. The Morgan fingerprint density at radius 2 is 2.03 bits per heavy atom. The number of nitrogens with zero attached hydrogens (tertiary/aromatic N) is 5. The van der Waals surface area contributed by atoms with Crippen LogP contribution in [0.1, 0.15) is 40.9 Å². The number of hydrogen-bond donors (Lipinski definition) is 4. The standard InChI is InChI=1S/C27H30N8O2/c1-35-17-23(25(34-35)27(37)30-14-11-20-5-2-3-12-28-20)33-26(36)22-7-4-6-21(32-22)19-10-13-29-24(15-19)31-16-18-8-9-18/h2-7,10,12-13,15,17-18,26,33,36H,8-9,11,14,16H2,1H3,(H,29,31)(H,30,37). The average Bonchev–Trinajstić information content (AvgIpc) is 3.69. The van der Waals surface area contributed by atoms with Crippen LogP contribution in [0.15, 0.2) is 67.1 Å². The van der Waals surface area contributed by atoms with Crippen molar-refractivity contribution in [1.82, 2.24) is 30.0 Å². The number of carbonyl (C=O) groups excluding carboxylic acids is 1. The van der Waals surface area contributed by atoms with E-state index in [1.807, 2.05) is 42.5 Å². The highest BCUT2D eigenvalue weighted by atomic mass is 16.3. The van der Waals surface area contributed by atoms with E-state index in [9.17, 15) is 9.90 Å². The molecule has 0 spiro atoms. The summed E-state index contributed by atoms with van der Waals surface area (Å²) >= 11 is 0. The molecule has 1 aliphatic carbocycles. The SMILES string of the molecule is Cn1cc(NC(O)c2cccc(-c3ccnc(NCC4CC4)c3)n2)c(C(=O)NCCc2ccccn2)n1. The Morgan fingerprint density at radius 3 is 2.84 bits per heavy atom. The molecule has 1 aliphatic rings. The van der Waals surface area contributed by atoms with Crippen molar-refractivity contribution in [3.63, 3.8) is 0 Å². The van der Waals surface area contributed by atoms with Gasteiger partial charge in [-0.25, -0.2) is 9.97 Å². The van der Waals surface area contributed by atoms with Crippen molar-refractivity contribution in [1.29, 1.82) is 0 Å². The van der Waals surface area contributed by atoms with Gasteiger partial charge in [-0.3, -0.25) is 14.5 Å². The maximum atomic E-state index is 12.8. The van der Waals surface area contributed by atoms with E-state index in [-0.39, 0.29) is 11.6 Å². The van der Waals surface area contributed by atoms with Gasteiger partial charge in [-0.15, -0.1) is 0 Å². The zero-order chi connectivity index (χ0) is 25.6. The molecule has 1 unspecified atom stereocenters. The van der Waals surface area contributed by atoms with E-state index in [1.54, 1.807) is 31.7 Å². The smallest absolute Gasteiger partial charge is 0.273 e. The highest BCUT2D eigenvalue weighted by Gasteiger charge is 2.21. The van der Waals surface area contributed by atoms with Gasteiger partial charge in [0.2, 0.25) is 0 Å². The number of aromatic nitrogens is 5. The van der Waals surface area contributed by atoms with Crippen molar-refractivity contribution < 1.29 is 9.90 Å². The number of nitrogens with one attached hydrogen (secondary N) is 3. The number of aliphatic hydroxyl groups is 1. The molecular formula is C27H30N8O2. The topological polar surface area (TPSA) is 130 Å². The zero-order valence-corrected chi connectivity index (χ0v) is 20.6. The number of anilines is 2. The van der Waals surface area contributed by atoms with Crippen LogP contribution in [-0.4, -0.2) is 48.8 Å². The lowest BCUT2D eigenvalue weighted by Crippen LogP contribution is -2.27. The van der Waals surface area contributed by atoms with E-state index in [4.69, 9.17) is 0 Å². The highest BCUT2D eigenvalue weighted by Crippen LogP contribution is 2.29. The van der Waals surface area contributed by atoms with Crippen LogP contribution in [0.3, 0.4) is 0 Å². The molecule has 1 saturated carbocycles. The second-order valence-electron chi connectivity index (χ2n) is 9.14. The average molecular weight is 499 g/mol. The summed E-state index contributed by atoms with van der Waals surface area (Å²) in [6, 6.07) is 15.0. The first-order valence-corrected chi connectivity index (χ1v) is 12.4. The lowest BCUT2D eigenvalue weighted by Gasteiger charge is -2.15. The first-order valence-electron chi connectivity index (χ1n) is 12.4. The van der Waals surface area contributed by atoms with Crippen molar-refractivity contribution in [3.8, 4) is 11.3 Å². The summed E-state index contributed by atoms with van der Waals surface area (Å²) in [5.41, 5.74) is 3.54. The molecule has 4 N–H and O–H groups in total. The minimum Gasteiger partial charge on any atom is -0.370 e. The minimum absolute atomic E-state index is 0.194. The molecule has 190 valence electrons. The van der Waals surface area contributed by atoms with Gasteiger partial charge in [0, 0.05) is 56.4 Å². The monoisotopic (exact) mass is 498 g/mol. The number of pyridine rings is 3. The Labute approximate surface area is 215 Å². The second-order valence-corrected chi connectivity index (χ2v) is 9.14.